The first-order valence-electron chi connectivity index (χ1n) is 4.71. The van der Waals surface area contributed by atoms with Crippen molar-refractivity contribution in [2.45, 2.75) is 25.9 Å². The third-order valence-corrected chi connectivity index (χ3v) is 1.97. The lowest BCUT2D eigenvalue weighted by Crippen LogP contribution is -1.98. The highest BCUT2D eigenvalue weighted by atomic mass is 16.3. The van der Waals surface area contributed by atoms with Crippen molar-refractivity contribution in [3.05, 3.63) is 48.0 Å². The molecule has 1 heteroatoms. The maximum Gasteiger partial charge on any atom is 0.0718 e. The minimum atomic E-state index is -0.288. The summed E-state index contributed by atoms with van der Waals surface area (Å²) in [5, 5.41) is 9.25. The summed E-state index contributed by atoms with van der Waals surface area (Å²) in [6.45, 7) is 1.97. The molecule has 0 aliphatic rings. The van der Waals surface area contributed by atoms with Gasteiger partial charge < -0.3 is 5.11 Å². The Bertz CT molecular complexity index is 251. The van der Waals surface area contributed by atoms with Gasteiger partial charge in [-0.15, -0.1) is 0 Å². The fourth-order valence-corrected chi connectivity index (χ4v) is 1.11. The van der Waals surface area contributed by atoms with Gasteiger partial charge in [-0.3, -0.25) is 0 Å². The summed E-state index contributed by atoms with van der Waals surface area (Å²) in [6.07, 6.45) is 5.27. The Morgan fingerprint density at radius 2 is 2.00 bits per heavy atom. The molecule has 70 valence electrons. The van der Waals surface area contributed by atoms with E-state index in [4.69, 9.17) is 0 Å². The van der Waals surface area contributed by atoms with Crippen molar-refractivity contribution in [1.82, 2.24) is 0 Å². The van der Waals surface area contributed by atoms with Gasteiger partial charge in [-0.05, 0) is 18.4 Å². The Morgan fingerprint density at radius 3 is 2.62 bits per heavy atom. The molecule has 1 aromatic rings. The molecule has 0 fully saturated rings. The Labute approximate surface area is 79.7 Å². The second kappa shape index (κ2) is 5.55. The van der Waals surface area contributed by atoms with Gasteiger partial charge in [0.15, 0.2) is 0 Å². The van der Waals surface area contributed by atoms with Crippen LogP contribution in [0, 0.1) is 0 Å². The summed E-state index contributed by atoms with van der Waals surface area (Å²) >= 11 is 0. The first-order valence-corrected chi connectivity index (χ1v) is 4.71. The molecule has 1 aromatic carbocycles. The number of aliphatic hydroxyl groups excluding tert-OH is 1. The Kier molecular flexibility index (Phi) is 4.27. The molecule has 0 aromatic heterocycles. The Hall–Kier alpha value is -1.08. The molecule has 0 radical (unpaired) electrons. The quantitative estimate of drug-likeness (QED) is 0.699. The van der Waals surface area contributed by atoms with E-state index >= 15 is 0 Å². The number of allylic oxidation sites excluding steroid dienone is 1. The fraction of sp³-hybridized carbons (Fsp3) is 0.333. The van der Waals surface area contributed by atoms with Crippen LogP contribution in [-0.2, 0) is 6.42 Å². The highest BCUT2D eigenvalue weighted by molar-refractivity contribution is 5.17. The summed E-state index contributed by atoms with van der Waals surface area (Å²) in [5.74, 6) is 0. The van der Waals surface area contributed by atoms with Crippen LogP contribution in [0.5, 0.6) is 0 Å². The van der Waals surface area contributed by atoms with Gasteiger partial charge in [0.2, 0.25) is 0 Å². The first kappa shape index (κ1) is 10.0. The van der Waals surface area contributed by atoms with Crippen molar-refractivity contribution in [2.24, 2.45) is 0 Å². The standard InChI is InChI=1S/C12H16O/c1-2-12(13)10-6-9-11-7-4-3-5-8-11/h3-8,10,12-13H,2,9H2,1H3. The maximum atomic E-state index is 9.25. The number of rotatable bonds is 4. The summed E-state index contributed by atoms with van der Waals surface area (Å²) in [6, 6.07) is 10.2. The zero-order valence-electron chi connectivity index (χ0n) is 7.98. The molecule has 0 saturated carbocycles. The number of hydrogen-bond acceptors (Lipinski definition) is 1. The van der Waals surface area contributed by atoms with Crippen LogP contribution in [0.15, 0.2) is 42.5 Å². The van der Waals surface area contributed by atoms with Crippen LogP contribution in [0.4, 0.5) is 0 Å². The minimum Gasteiger partial charge on any atom is -0.389 e. The van der Waals surface area contributed by atoms with Crippen molar-refractivity contribution in [1.29, 1.82) is 0 Å². The summed E-state index contributed by atoms with van der Waals surface area (Å²) < 4.78 is 0. The van der Waals surface area contributed by atoms with Crippen molar-refractivity contribution < 1.29 is 5.11 Å². The second-order valence-corrected chi connectivity index (χ2v) is 3.09. The lowest BCUT2D eigenvalue weighted by molar-refractivity contribution is 0.219. The van der Waals surface area contributed by atoms with E-state index in [2.05, 4.69) is 12.1 Å². The van der Waals surface area contributed by atoms with Crippen molar-refractivity contribution >= 4 is 0 Å². The zero-order chi connectivity index (χ0) is 9.52. The van der Waals surface area contributed by atoms with E-state index in [9.17, 15) is 5.11 Å². The molecular weight excluding hydrogens is 160 g/mol. The molecule has 0 aliphatic carbocycles. The molecule has 0 aliphatic heterocycles. The van der Waals surface area contributed by atoms with Gasteiger partial charge in [0.1, 0.15) is 0 Å². The average molecular weight is 176 g/mol. The van der Waals surface area contributed by atoms with Crippen molar-refractivity contribution in [3.63, 3.8) is 0 Å². The summed E-state index contributed by atoms with van der Waals surface area (Å²) in [5.41, 5.74) is 1.28. The van der Waals surface area contributed by atoms with Gasteiger partial charge in [-0.1, -0.05) is 49.4 Å². The molecule has 0 spiro atoms. The normalized spacial score (nSPS) is 13.4. The number of benzene rings is 1. The van der Waals surface area contributed by atoms with E-state index in [1.165, 1.54) is 5.56 Å². The van der Waals surface area contributed by atoms with Gasteiger partial charge in [-0.25, -0.2) is 0 Å². The van der Waals surface area contributed by atoms with Crippen LogP contribution in [0.2, 0.25) is 0 Å². The van der Waals surface area contributed by atoms with Crippen LogP contribution < -0.4 is 0 Å². The van der Waals surface area contributed by atoms with E-state index in [-0.39, 0.29) is 6.10 Å². The zero-order valence-corrected chi connectivity index (χ0v) is 7.98. The number of hydrogen-bond donors (Lipinski definition) is 1. The Balaban J connectivity index is 2.39. The fourth-order valence-electron chi connectivity index (χ4n) is 1.11. The van der Waals surface area contributed by atoms with Crippen LogP contribution >= 0.6 is 0 Å². The molecule has 1 rings (SSSR count). The van der Waals surface area contributed by atoms with E-state index in [0.29, 0.717) is 0 Å². The second-order valence-electron chi connectivity index (χ2n) is 3.09. The van der Waals surface area contributed by atoms with Crippen molar-refractivity contribution in [3.8, 4) is 0 Å². The summed E-state index contributed by atoms with van der Waals surface area (Å²) in [7, 11) is 0. The highest BCUT2D eigenvalue weighted by Gasteiger charge is 1.91. The smallest absolute Gasteiger partial charge is 0.0718 e. The monoisotopic (exact) mass is 176 g/mol. The highest BCUT2D eigenvalue weighted by Crippen LogP contribution is 2.01. The van der Waals surface area contributed by atoms with Crippen LogP contribution in [0.3, 0.4) is 0 Å². The molecule has 1 N–H and O–H groups in total. The molecule has 1 nitrogen and oxygen atoms in total. The predicted molar refractivity (Wildman–Crippen MR) is 55.6 cm³/mol. The lowest BCUT2D eigenvalue weighted by atomic mass is 10.1. The molecular formula is C12H16O. The molecule has 0 heterocycles. The SMILES string of the molecule is CCC(O)C=CCc1ccccc1. The van der Waals surface area contributed by atoms with E-state index in [1.807, 2.05) is 37.3 Å². The molecule has 13 heavy (non-hydrogen) atoms. The topological polar surface area (TPSA) is 20.2 Å². The minimum absolute atomic E-state index is 0.288. The van der Waals surface area contributed by atoms with E-state index < -0.39 is 0 Å². The molecule has 0 saturated heterocycles. The van der Waals surface area contributed by atoms with Gasteiger partial charge in [0.25, 0.3) is 0 Å². The van der Waals surface area contributed by atoms with Crippen LogP contribution in [0.25, 0.3) is 0 Å². The third kappa shape index (κ3) is 3.90. The van der Waals surface area contributed by atoms with Gasteiger partial charge in [0, 0.05) is 0 Å². The molecule has 1 unspecified atom stereocenters. The maximum absolute atomic E-state index is 9.25. The van der Waals surface area contributed by atoms with Crippen LogP contribution in [-0.4, -0.2) is 11.2 Å². The van der Waals surface area contributed by atoms with Gasteiger partial charge in [-0.2, -0.15) is 0 Å². The van der Waals surface area contributed by atoms with Crippen LogP contribution in [0.1, 0.15) is 18.9 Å². The van der Waals surface area contributed by atoms with Gasteiger partial charge in [0.05, 0.1) is 6.10 Å². The third-order valence-electron chi connectivity index (χ3n) is 1.97. The van der Waals surface area contributed by atoms with E-state index in [0.717, 1.165) is 12.8 Å². The van der Waals surface area contributed by atoms with Gasteiger partial charge >= 0.3 is 0 Å². The first-order chi connectivity index (χ1) is 6.33. The largest absolute Gasteiger partial charge is 0.389 e. The van der Waals surface area contributed by atoms with E-state index in [1.54, 1.807) is 0 Å². The number of aliphatic hydroxyl groups is 1. The molecule has 1 atom stereocenters. The molecule has 0 amide bonds. The molecule has 0 bridgehead atoms. The lowest BCUT2D eigenvalue weighted by Gasteiger charge is -1.99. The average Bonchev–Trinajstić information content (AvgIpc) is 2.19. The van der Waals surface area contributed by atoms with Crippen molar-refractivity contribution in [2.75, 3.05) is 0 Å². The Morgan fingerprint density at radius 1 is 1.31 bits per heavy atom. The summed E-state index contributed by atoms with van der Waals surface area (Å²) in [4.78, 5) is 0. The predicted octanol–water partition coefficient (Wildman–Crippen LogP) is 2.56.